The Kier molecular flexibility index (Phi) is 4.32. The molecule has 0 bridgehead atoms. The Hall–Kier alpha value is -1.99. The topological polar surface area (TPSA) is 66.1 Å². The predicted molar refractivity (Wildman–Crippen MR) is 94.0 cm³/mol. The summed E-state index contributed by atoms with van der Waals surface area (Å²) in [7, 11) is 0. The van der Waals surface area contributed by atoms with Crippen LogP contribution in [0.4, 0.5) is 0 Å². The van der Waals surface area contributed by atoms with Crippen LogP contribution in [0.5, 0.6) is 0 Å². The highest BCUT2D eigenvalue weighted by molar-refractivity contribution is 7.18. The highest BCUT2D eigenvalue weighted by Gasteiger charge is 2.16. The van der Waals surface area contributed by atoms with Crippen LogP contribution in [0.15, 0.2) is 22.3 Å². The van der Waals surface area contributed by atoms with Crippen molar-refractivity contribution in [2.75, 3.05) is 0 Å². The first kappa shape index (κ1) is 15.9. The van der Waals surface area contributed by atoms with Crippen LogP contribution >= 0.6 is 22.7 Å². The molecule has 0 aliphatic rings. The Bertz CT molecular complexity index is 909. The van der Waals surface area contributed by atoms with Gasteiger partial charge in [0.2, 0.25) is 5.91 Å². The molecular formula is C16H17N3O2S2. The van der Waals surface area contributed by atoms with Gasteiger partial charge in [-0.1, -0.05) is 6.07 Å². The lowest BCUT2D eigenvalue weighted by Gasteiger charge is -2.19. The van der Waals surface area contributed by atoms with Gasteiger partial charge in [-0.3, -0.25) is 9.59 Å². The number of carbonyl (C=O) groups is 1. The van der Waals surface area contributed by atoms with Crippen LogP contribution in [-0.4, -0.2) is 20.8 Å². The summed E-state index contributed by atoms with van der Waals surface area (Å²) in [6, 6.07) is 3.95. The van der Waals surface area contributed by atoms with Gasteiger partial charge >= 0.3 is 0 Å². The van der Waals surface area contributed by atoms with Crippen molar-refractivity contribution in [1.82, 2.24) is 14.9 Å². The summed E-state index contributed by atoms with van der Waals surface area (Å²) in [6.45, 7) is 6.28. The summed E-state index contributed by atoms with van der Waals surface area (Å²) in [5.74, 6) is 0.482. The monoisotopic (exact) mass is 347 g/mol. The zero-order chi connectivity index (χ0) is 16.6. The van der Waals surface area contributed by atoms with Crippen molar-refractivity contribution in [2.45, 2.75) is 33.9 Å². The van der Waals surface area contributed by atoms with Gasteiger partial charge in [0.15, 0.2) is 0 Å². The molecule has 0 saturated carbocycles. The van der Waals surface area contributed by atoms with Crippen LogP contribution in [0.25, 0.3) is 10.2 Å². The molecule has 23 heavy (non-hydrogen) atoms. The maximum Gasteiger partial charge on any atom is 0.259 e. The van der Waals surface area contributed by atoms with E-state index in [-0.39, 0.29) is 11.5 Å². The Morgan fingerprint density at radius 3 is 2.78 bits per heavy atom. The molecule has 0 atom stereocenters. The Balaban J connectivity index is 1.92. The van der Waals surface area contributed by atoms with Gasteiger partial charge in [-0.05, 0) is 30.9 Å². The molecule has 0 saturated heterocycles. The largest absolute Gasteiger partial charge is 0.330 e. The number of nitrogens with one attached hydrogen (secondary N) is 1. The van der Waals surface area contributed by atoms with Crippen molar-refractivity contribution >= 4 is 38.8 Å². The smallest absolute Gasteiger partial charge is 0.259 e. The summed E-state index contributed by atoms with van der Waals surface area (Å²) in [5, 5.41) is 2.64. The van der Waals surface area contributed by atoms with Crippen molar-refractivity contribution in [3.8, 4) is 0 Å². The zero-order valence-corrected chi connectivity index (χ0v) is 14.8. The summed E-state index contributed by atoms with van der Waals surface area (Å²) < 4.78 is 0. The number of hydrogen-bond acceptors (Lipinski definition) is 5. The van der Waals surface area contributed by atoms with E-state index >= 15 is 0 Å². The fourth-order valence-electron chi connectivity index (χ4n) is 2.42. The number of fused-ring (bicyclic) bond motifs is 1. The molecule has 0 fully saturated rings. The highest BCUT2D eigenvalue weighted by atomic mass is 32.1. The standard InChI is InChI=1S/C16H17N3O2S2/c1-9-10(2)23-16-14(9)15(21)17-13(18-16)8-19(11(3)20)7-12-5-4-6-22-12/h4-6H,7-8H2,1-3H3,(H,17,18,21). The predicted octanol–water partition coefficient (Wildman–Crippen LogP) is 3.21. The summed E-state index contributed by atoms with van der Waals surface area (Å²) in [5.41, 5.74) is 0.846. The van der Waals surface area contributed by atoms with Gasteiger partial charge in [-0.2, -0.15) is 0 Å². The lowest BCUT2D eigenvalue weighted by Crippen LogP contribution is -2.29. The second-order valence-corrected chi connectivity index (χ2v) is 7.67. The first-order valence-corrected chi connectivity index (χ1v) is 8.92. The fourth-order valence-corrected chi connectivity index (χ4v) is 4.19. The molecule has 1 amide bonds. The quantitative estimate of drug-likeness (QED) is 0.788. The molecule has 0 spiro atoms. The normalized spacial score (nSPS) is 11.1. The van der Waals surface area contributed by atoms with Gasteiger partial charge in [0.1, 0.15) is 10.7 Å². The number of thiophene rings is 2. The second-order valence-electron chi connectivity index (χ2n) is 5.43. The van der Waals surface area contributed by atoms with E-state index in [4.69, 9.17) is 0 Å². The molecule has 0 aromatic carbocycles. The van der Waals surface area contributed by atoms with Crippen LogP contribution in [0.2, 0.25) is 0 Å². The van der Waals surface area contributed by atoms with Crippen LogP contribution in [-0.2, 0) is 17.9 Å². The van der Waals surface area contributed by atoms with E-state index in [2.05, 4.69) is 9.97 Å². The summed E-state index contributed by atoms with van der Waals surface area (Å²) >= 11 is 3.12. The van der Waals surface area contributed by atoms with Gasteiger partial charge in [-0.25, -0.2) is 4.98 Å². The van der Waals surface area contributed by atoms with Gasteiger partial charge in [0.05, 0.1) is 18.5 Å². The van der Waals surface area contributed by atoms with Gasteiger partial charge in [0.25, 0.3) is 5.56 Å². The van der Waals surface area contributed by atoms with Crippen molar-refractivity contribution in [3.05, 3.63) is 49.0 Å². The third-order valence-electron chi connectivity index (χ3n) is 3.80. The number of aromatic amines is 1. The Morgan fingerprint density at radius 1 is 1.35 bits per heavy atom. The van der Waals surface area contributed by atoms with Crippen LogP contribution in [0.3, 0.4) is 0 Å². The lowest BCUT2D eigenvalue weighted by atomic mass is 10.2. The third kappa shape index (κ3) is 3.20. The number of hydrogen-bond donors (Lipinski definition) is 1. The molecule has 3 aromatic heterocycles. The number of rotatable bonds is 4. The Morgan fingerprint density at radius 2 is 2.13 bits per heavy atom. The molecule has 0 aliphatic carbocycles. The average molecular weight is 347 g/mol. The number of aromatic nitrogens is 2. The minimum absolute atomic E-state index is 0.0420. The maximum atomic E-state index is 12.3. The molecule has 5 nitrogen and oxygen atoms in total. The minimum atomic E-state index is -0.133. The molecule has 120 valence electrons. The van der Waals surface area contributed by atoms with Crippen molar-refractivity contribution in [2.24, 2.45) is 0 Å². The summed E-state index contributed by atoms with van der Waals surface area (Å²) in [4.78, 5) is 36.2. The molecule has 3 aromatic rings. The number of nitrogens with zero attached hydrogens (tertiary/aromatic N) is 2. The molecule has 3 heterocycles. The van der Waals surface area contributed by atoms with E-state index in [1.54, 1.807) is 16.2 Å². The fraction of sp³-hybridized carbons (Fsp3) is 0.312. The highest BCUT2D eigenvalue weighted by Crippen LogP contribution is 2.25. The van der Waals surface area contributed by atoms with Crippen molar-refractivity contribution in [3.63, 3.8) is 0 Å². The first-order valence-electron chi connectivity index (χ1n) is 7.22. The van der Waals surface area contributed by atoms with E-state index < -0.39 is 0 Å². The number of amides is 1. The minimum Gasteiger partial charge on any atom is -0.330 e. The van der Waals surface area contributed by atoms with E-state index in [0.717, 1.165) is 20.1 Å². The van der Waals surface area contributed by atoms with E-state index in [1.807, 2.05) is 31.4 Å². The molecular weight excluding hydrogens is 330 g/mol. The molecule has 0 unspecified atom stereocenters. The molecule has 1 N–H and O–H groups in total. The first-order chi connectivity index (χ1) is 11.0. The molecule has 0 aliphatic heterocycles. The number of aryl methyl sites for hydroxylation is 2. The van der Waals surface area contributed by atoms with Gasteiger partial charge in [-0.15, -0.1) is 22.7 Å². The Labute approximate surface area is 141 Å². The van der Waals surface area contributed by atoms with Crippen LogP contribution < -0.4 is 5.56 Å². The lowest BCUT2D eigenvalue weighted by molar-refractivity contribution is -0.130. The molecule has 7 heteroatoms. The van der Waals surface area contributed by atoms with E-state index in [1.165, 1.54) is 18.3 Å². The molecule has 3 rings (SSSR count). The second kappa shape index (κ2) is 6.25. The summed E-state index contributed by atoms with van der Waals surface area (Å²) in [6.07, 6.45) is 0. The number of carbonyl (C=O) groups excluding carboxylic acids is 1. The van der Waals surface area contributed by atoms with Crippen molar-refractivity contribution < 1.29 is 4.79 Å². The van der Waals surface area contributed by atoms with E-state index in [0.29, 0.717) is 24.3 Å². The number of H-pyrrole nitrogens is 1. The SMILES string of the molecule is CC(=O)N(Cc1nc2sc(C)c(C)c2c(=O)[nH]1)Cc1cccs1. The van der Waals surface area contributed by atoms with Gasteiger partial charge < -0.3 is 9.88 Å². The van der Waals surface area contributed by atoms with Crippen LogP contribution in [0, 0.1) is 13.8 Å². The van der Waals surface area contributed by atoms with Gasteiger partial charge in [0, 0.05) is 16.7 Å². The van der Waals surface area contributed by atoms with Crippen LogP contribution in [0.1, 0.15) is 28.1 Å². The third-order valence-corrected chi connectivity index (χ3v) is 5.76. The molecule has 0 radical (unpaired) electrons. The van der Waals surface area contributed by atoms with Crippen molar-refractivity contribution in [1.29, 1.82) is 0 Å². The zero-order valence-electron chi connectivity index (χ0n) is 13.2. The average Bonchev–Trinajstić information content (AvgIpc) is 3.07. The van der Waals surface area contributed by atoms with E-state index in [9.17, 15) is 9.59 Å². The maximum absolute atomic E-state index is 12.3.